The predicted molar refractivity (Wildman–Crippen MR) is 85.3 cm³/mol. The van der Waals surface area contributed by atoms with E-state index in [9.17, 15) is 9.59 Å². The fourth-order valence-electron chi connectivity index (χ4n) is 3.04. The van der Waals surface area contributed by atoms with Gasteiger partial charge in [-0.25, -0.2) is 0 Å². The lowest BCUT2D eigenvalue weighted by Crippen LogP contribution is -2.64. The van der Waals surface area contributed by atoms with Gasteiger partial charge in [-0.05, 0) is 18.2 Å². The standard InChI is InChI=1S/C15H19ClN4O2/c1-17-12-3-2-10(16)8-11(12)15(22)20-7-6-19-5-4-18-14(21)13(19)9-20/h2-3,8,13,17H,4-7,9H2,1H3,(H,18,21)/t13-/m1/s1. The molecular weight excluding hydrogens is 304 g/mol. The molecule has 6 nitrogen and oxygen atoms in total. The smallest absolute Gasteiger partial charge is 0.256 e. The van der Waals surface area contributed by atoms with Crippen LogP contribution in [0, 0.1) is 0 Å². The molecule has 0 unspecified atom stereocenters. The Morgan fingerprint density at radius 3 is 2.95 bits per heavy atom. The molecule has 0 radical (unpaired) electrons. The Bertz CT molecular complexity index is 607. The summed E-state index contributed by atoms with van der Waals surface area (Å²) >= 11 is 6.02. The third-order valence-corrected chi connectivity index (χ3v) is 4.50. The van der Waals surface area contributed by atoms with Gasteiger partial charge in [0.25, 0.3) is 5.91 Å². The number of carbonyl (C=O) groups is 2. The van der Waals surface area contributed by atoms with E-state index < -0.39 is 0 Å². The number of halogens is 1. The number of fused-ring (bicyclic) bond motifs is 1. The zero-order valence-corrected chi connectivity index (χ0v) is 13.2. The molecule has 0 bridgehead atoms. The van der Waals surface area contributed by atoms with Crippen LogP contribution in [0.1, 0.15) is 10.4 Å². The van der Waals surface area contributed by atoms with E-state index in [1.165, 1.54) is 0 Å². The first-order valence-corrected chi connectivity index (χ1v) is 7.76. The Kier molecular flexibility index (Phi) is 4.22. The number of nitrogens with one attached hydrogen (secondary N) is 2. The fourth-order valence-corrected chi connectivity index (χ4v) is 3.22. The topological polar surface area (TPSA) is 64.7 Å². The molecule has 2 N–H and O–H groups in total. The summed E-state index contributed by atoms with van der Waals surface area (Å²) in [6.07, 6.45) is 0. The Balaban J connectivity index is 1.81. The first-order chi connectivity index (χ1) is 10.6. The average Bonchev–Trinajstić information content (AvgIpc) is 2.54. The molecule has 0 aromatic heterocycles. The molecule has 2 aliphatic heterocycles. The number of amides is 2. The van der Waals surface area contributed by atoms with Crippen molar-refractivity contribution in [2.75, 3.05) is 45.1 Å². The SMILES string of the molecule is CNc1ccc(Cl)cc1C(=O)N1CCN2CCNC(=O)[C@H]2C1. The third kappa shape index (κ3) is 2.76. The van der Waals surface area contributed by atoms with Gasteiger partial charge in [-0.1, -0.05) is 11.6 Å². The van der Waals surface area contributed by atoms with Crippen molar-refractivity contribution in [3.05, 3.63) is 28.8 Å². The number of benzene rings is 1. The second-order valence-electron chi connectivity index (χ2n) is 5.53. The minimum Gasteiger partial charge on any atom is -0.387 e. The molecule has 2 aliphatic rings. The van der Waals surface area contributed by atoms with Gasteiger partial charge in [0.2, 0.25) is 5.91 Å². The summed E-state index contributed by atoms with van der Waals surface area (Å²) in [5, 5.41) is 6.40. The Morgan fingerprint density at radius 1 is 1.36 bits per heavy atom. The molecule has 7 heteroatoms. The number of nitrogens with zero attached hydrogens (tertiary/aromatic N) is 2. The highest BCUT2D eigenvalue weighted by molar-refractivity contribution is 6.31. The van der Waals surface area contributed by atoms with Crippen LogP contribution in [0.15, 0.2) is 18.2 Å². The summed E-state index contributed by atoms with van der Waals surface area (Å²) in [5.41, 5.74) is 1.28. The molecule has 1 aromatic carbocycles. The van der Waals surface area contributed by atoms with Crippen LogP contribution in [0.3, 0.4) is 0 Å². The molecule has 0 saturated carbocycles. The predicted octanol–water partition coefficient (Wildman–Crippen LogP) is 0.638. The van der Waals surface area contributed by atoms with Crippen molar-refractivity contribution in [2.45, 2.75) is 6.04 Å². The zero-order chi connectivity index (χ0) is 15.7. The Labute approximate surface area is 134 Å². The van der Waals surface area contributed by atoms with E-state index in [0.29, 0.717) is 30.2 Å². The molecule has 2 amide bonds. The van der Waals surface area contributed by atoms with E-state index in [1.807, 2.05) is 0 Å². The molecule has 0 aliphatic carbocycles. The van der Waals surface area contributed by atoms with Gasteiger partial charge in [-0.3, -0.25) is 14.5 Å². The molecule has 0 spiro atoms. The zero-order valence-electron chi connectivity index (χ0n) is 12.4. The first-order valence-electron chi connectivity index (χ1n) is 7.38. The highest BCUT2D eigenvalue weighted by atomic mass is 35.5. The Hall–Kier alpha value is -1.79. The second-order valence-corrected chi connectivity index (χ2v) is 5.97. The van der Waals surface area contributed by atoms with Gasteiger partial charge in [-0.2, -0.15) is 0 Å². The second kappa shape index (κ2) is 6.14. The number of rotatable bonds is 2. The van der Waals surface area contributed by atoms with Crippen LogP contribution >= 0.6 is 11.6 Å². The van der Waals surface area contributed by atoms with Gasteiger partial charge in [-0.15, -0.1) is 0 Å². The van der Waals surface area contributed by atoms with Crippen LogP contribution in [0.4, 0.5) is 5.69 Å². The molecular formula is C15H19ClN4O2. The highest BCUT2D eigenvalue weighted by Crippen LogP contribution is 2.23. The van der Waals surface area contributed by atoms with Crippen molar-refractivity contribution in [1.29, 1.82) is 0 Å². The highest BCUT2D eigenvalue weighted by Gasteiger charge is 2.36. The lowest BCUT2D eigenvalue weighted by Gasteiger charge is -2.43. The van der Waals surface area contributed by atoms with Crippen molar-refractivity contribution in [2.24, 2.45) is 0 Å². The summed E-state index contributed by atoms with van der Waals surface area (Å²) < 4.78 is 0. The van der Waals surface area contributed by atoms with E-state index in [0.717, 1.165) is 18.8 Å². The van der Waals surface area contributed by atoms with Crippen LogP contribution in [0.25, 0.3) is 0 Å². The van der Waals surface area contributed by atoms with Gasteiger partial charge < -0.3 is 15.5 Å². The number of carbonyl (C=O) groups excluding carboxylic acids is 2. The van der Waals surface area contributed by atoms with Gasteiger partial charge in [0.05, 0.1) is 5.56 Å². The van der Waals surface area contributed by atoms with Crippen LogP contribution < -0.4 is 10.6 Å². The molecule has 2 heterocycles. The van der Waals surface area contributed by atoms with Gasteiger partial charge in [0.15, 0.2) is 0 Å². The van der Waals surface area contributed by atoms with Gasteiger partial charge >= 0.3 is 0 Å². The molecule has 118 valence electrons. The van der Waals surface area contributed by atoms with Crippen LogP contribution in [0.5, 0.6) is 0 Å². The molecule has 2 saturated heterocycles. The Morgan fingerprint density at radius 2 is 2.18 bits per heavy atom. The number of anilines is 1. The monoisotopic (exact) mass is 322 g/mol. The van der Waals surface area contributed by atoms with Gasteiger partial charge in [0.1, 0.15) is 6.04 Å². The van der Waals surface area contributed by atoms with Crippen molar-refractivity contribution in [3.63, 3.8) is 0 Å². The van der Waals surface area contributed by atoms with Crippen molar-refractivity contribution < 1.29 is 9.59 Å². The van der Waals surface area contributed by atoms with E-state index in [4.69, 9.17) is 11.6 Å². The van der Waals surface area contributed by atoms with Crippen molar-refractivity contribution in [3.8, 4) is 0 Å². The largest absolute Gasteiger partial charge is 0.387 e. The summed E-state index contributed by atoms with van der Waals surface area (Å²) in [6, 6.07) is 4.96. The first kappa shape index (κ1) is 15.1. The lowest BCUT2D eigenvalue weighted by atomic mass is 10.1. The third-order valence-electron chi connectivity index (χ3n) is 4.26. The molecule has 2 fully saturated rings. The normalized spacial score (nSPS) is 22.0. The lowest BCUT2D eigenvalue weighted by molar-refractivity contribution is -0.131. The molecule has 22 heavy (non-hydrogen) atoms. The number of hydrogen-bond acceptors (Lipinski definition) is 4. The van der Waals surface area contributed by atoms with E-state index in [-0.39, 0.29) is 17.9 Å². The van der Waals surface area contributed by atoms with Crippen molar-refractivity contribution >= 4 is 29.1 Å². The van der Waals surface area contributed by atoms with Crippen LogP contribution in [0.2, 0.25) is 5.02 Å². The maximum atomic E-state index is 12.8. The van der Waals surface area contributed by atoms with Crippen LogP contribution in [-0.4, -0.2) is 67.4 Å². The number of piperazine rings is 2. The molecule has 1 atom stereocenters. The quantitative estimate of drug-likeness (QED) is 0.838. The maximum Gasteiger partial charge on any atom is 0.256 e. The minimum atomic E-state index is -0.247. The molecule has 1 aromatic rings. The fraction of sp³-hybridized carbons (Fsp3) is 0.467. The minimum absolute atomic E-state index is 0.00341. The summed E-state index contributed by atoms with van der Waals surface area (Å²) in [6.45, 7) is 3.29. The van der Waals surface area contributed by atoms with Gasteiger partial charge in [0, 0.05) is 50.5 Å². The van der Waals surface area contributed by atoms with Crippen LogP contribution in [-0.2, 0) is 4.79 Å². The number of hydrogen-bond donors (Lipinski definition) is 2. The summed E-state index contributed by atoms with van der Waals surface area (Å²) in [4.78, 5) is 28.6. The molecule has 3 rings (SSSR count). The summed E-state index contributed by atoms with van der Waals surface area (Å²) in [5.74, 6) is -0.0893. The maximum absolute atomic E-state index is 12.8. The van der Waals surface area contributed by atoms with E-state index in [1.54, 1.807) is 30.1 Å². The summed E-state index contributed by atoms with van der Waals surface area (Å²) in [7, 11) is 1.77. The van der Waals surface area contributed by atoms with E-state index in [2.05, 4.69) is 15.5 Å². The van der Waals surface area contributed by atoms with E-state index >= 15 is 0 Å². The van der Waals surface area contributed by atoms with Crippen molar-refractivity contribution in [1.82, 2.24) is 15.1 Å². The average molecular weight is 323 g/mol.